The molecule has 5 nitrogen and oxygen atoms in total. The van der Waals surface area contributed by atoms with Crippen molar-refractivity contribution >= 4 is 17.3 Å². The minimum atomic E-state index is -0.617. The number of fused-ring (bicyclic) bond motifs is 1. The highest BCUT2D eigenvalue weighted by Crippen LogP contribution is 2.53. The van der Waals surface area contributed by atoms with Crippen molar-refractivity contribution < 1.29 is 23.9 Å². The number of ketones is 3. The maximum absolute atomic E-state index is 13.9. The molecule has 5 heteroatoms. The summed E-state index contributed by atoms with van der Waals surface area (Å²) in [7, 11) is 0. The van der Waals surface area contributed by atoms with E-state index in [9.17, 15) is 14.4 Å². The molecular formula is C28H32O5. The van der Waals surface area contributed by atoms with Gasteiger partial charge >= 0.3 is 0 Å². The van der Waals surface area contributed by atoms with E-state index >= 15 is 0 Å². The molecule has 1 atom stereocenters. The fourth-order valence-corrected chi connectivity index (χ4v) is 6.17. The Hall–Kier alpha value is -2.69. The van der Waals surface area contributed by atoms with Gasteiger partial charge in [-0.15, -0.1) is 0 Å². The molecule has 0 fully saturated rings. The first-order valence-corrected chi connectivity index (χ1v) is 11.9. The number of rotatable bonds is 1. The Morgan fingerprint density at radius 3 is 1.91 bits per heavy atom. The standard InChI is InChI=1S/C28H32O5/c1-14-7-15(2)22-19(8-14)32-13-16(26(22)31)23-24-17(29)9-27(3,4)11-20(24)33-21-12-28(5,6)10-18(30)25(21)23/h7-8,16,23H,9-13H2,1-6H3. The van der Waals surface area contributed by atoms with Crippen molar-refractivity contribution in [2.24, 2.45) is 22.7 Å². The van der Waals surface area contributed by atoms with E-state index in [0.717, 1.165) is 11.1 Å². The monoisotopic (exact) mass is 448 g/mol. The lowest BCUT2D eigenvalue weighted by molar-refractivity contribution is -0.121. The zero-order chi connectivity index (χ0) is 23.9. The Labute approximate surface area is 195 Å². The molecule has 0 N–H and O–H groups in total. The SMILES string of the molecule is Cc1cc(C)c2c(c1)OCC(C1C3=C(CC(C)(C)CC3=O)OC3=C1C(=O)CC(C)(C)C3)C2=O. The fourth-order valence-electron chi connectivity index (χ4n) is 6.17. The van der Waals surface area contributed by atoms with E-state index in [0.29, 0.717) is 59.7 Å². The summed E-state index contributed by atoms with van der Waals surface area (Å²) in [5.74, 6) is 0.579. The van der Waals surface area contributed by atoms with Gasteiger partial charge in [0.2, 0.25) is 0 Å². The summed E-state index contributed by atoms with van der Waals surface area (Å²) in [5, 5.41) is 0. The van der Waals surface area contributed by atoms with Crippen LogP contribution in [0.5, 0.6) is 5.75 Å². The molecule has 0 spiro atoms. The Morgan fingerprint density at radius 1 is 0.818 bits per heavy atom. The minimum absolute atomic E-state index is 0.0188. The predicted octanol–water partition coefficient (Wildman–Crippen LogP) is 5.43. The summed E-state index contributed by atoms with van der Waals surface area (Å²) in [5.41, 5.74) is 3.07. The largest absolute Gasteiger partial charge is 0.492 e. The number of hydrogen-bond acceptors (Lipinski definition) is 5. The summed E-state index contributed by atoms with van der Waals surface area (Å²) in [6, 6.07) is 3.86. The topological polar surface area (TPSA) is 69.7 Å². The molecule has 33 heavy (non-hydrogen) atoms. The lowest BCUT2D eigenvalue weighted by atomic mass is 9.63. The molecule has 0 radical (unpaired) electrons. The maximum atomic E-state index is 13.9. The molecule has 2 aliphatic carbocycles. The highest BCUT2D eigenvalue weighted by Gasteiger charge is 2.52. The van der Waals surface area contributed by atoms with Gasteiger partial charge in [-0.05, 0) is 41.9 Å². The van der Waals surface area contributed by atoms with Crippen LogP contribution in [0.1, 0.15) is 74.9 Å². The van der Waals surface area contributed by atoms with Crippen molar-refractivity contribution in [3.63, 3.8) is 0 Å². The molecule has 2 heterocycles. The van der Waals surface area contributed by atoms with Crippen LogP contribution in [-0.2, 0) is 14.3 Å². The highest BCUT2D eigenvalue weighted by molar-refractivity contribution is 6.09. The summed E-state index contributed by atoms with van der Waals surface area (Å²) in [6.07, 6.45) is 1.99. The Morgan fingerprint density at radius 2 is 1.36 bits per heavy atom. The van der Waals surface area contributed by atoms with Crippen LogP contribution >= 0.6 is 0 Å². The first-order chi connectivity index (χ1) is 15.4. The lowest BCUT2D eigenvalue weighted by Crippen LogP contribution is -2.45. The average Bonchev–Trinajstić information content (AvgIpc) is 2.64. The fraction of sp³-hybridized carbons (Fsp3) is 0.536. The van der Waals surface area contributed by atoms with E-state index < -0.39 is 11.8 Å². The van der Waals surface area contributed by atoms with Gasteiger partial charge in [-0.1, -0.05) is 33.8 Å². The van der Waals surface area contributed by atoms with E-state index in [1.54, 1.807) is 0 Å². The molecule has 0 bridgehead atoms. The van der Waals surface area contributed by atoms with Crippen molar-refractivity contribution in [3.05, 3.63) is 51.5 Å². The summed E-state index contributed by atoms with van der Waals surface area (Å²) >= 11 is 0. The van der Waals surface area contributed by atoms with Gasteiger partial charge in [-0.25, -0.2) is 0 Å². The smallest absolute Gasteiger partial charge is 0.174 e. The second kappa shape index (κ2) is 7.15. The van der Waals surface area contributed by atoms with E-state index in [-0.39, 0.29) is 34.8 Å². The number of carbonyl (C=O) groups is 3. The molecule has 174 valence electrons. The number of Topliss-reactive ketones (excluding diaryl/α,β-unsaturated/α-hetero) is 3. The number of allylic oxidation sites excluding steroid dienone is 4. The average molecular weight is 449 g/mol. The molecule has 5 rings (SSSR count). The molecule has 2 aliphatic heterocycles. The van der Waals surface area contributed by atoms with Gasteiger partial charge in [-0.2, -0.15) is 0 Å². The second-order valence-electron chi connectivity index (χ2n) is 11.9. The summed E-state index contributed by atoms with van der Waals surface area (Å²) in [6.45, 7) is 12.3. The van der Waals surface area contributed by atoms with Gasteiger partial charge in [0, 0.05) is 42.7 Å². The Bertz CT molecular complexity index is 1120. The molecule has 1 aromatic rings. The van der Waals surface area contributed by atoms with Crippen molar-refractivity contribution in [1.29, 1.82) is 0 Å². The number of benzene rings is 1. The van der Waals surface area contributed by atoms with Gasteiger partial charge in [0.15, 0.2) is 17.3 Å². The lowest BCUT2D eigenvalue weighted by Gasteiger charge is -2.44. The minimum Gasteiger partial charge on any atom is -0.492 e. The van der Waals surface area contributed by atoms with E-state index in [2.05, 4.69) is 27.7 Å². The third-order valence-electron chi connectivity index (χ3n) is 7.47. The first-order valence-electron chi connectivity index (χ1n) is 11.9. The van der Waals surface area contributed by atoms with Crippen molar-refractivity contribution in [2.45, 2.75) is 67.2 Å². The number of ether oxygens (including phenoxy) is 2. The number of carbonyl (C=O) groups excluding carboxylic acids is 3. The van der Waals surface area contributed by atoms with E-state index in [4.69, 9.17) is 9.47 Å². The van der Waals surface area contributed by atoms with Gasteiger partial charge < -0.3 is 9.47 Å². The zero-order valence-corrected chi connectivity index (χ0v) is 20.4. The number of hydrogen-bond donors (Lipinski definition) is 0. The molecule has 0 aromatic heterocycles. The maximum Gasteiger partial charge on any atom is 0.174 e. The van der Waals surface area contributed by atoms with Crippen LogP contribution in [0, 0.1) is 36.5 Å². The summed E-state index contributed by atoms with van der Waals surface area (Å²) in [4.78, 5) is 40.8. The molecule has 0 amide bonds. The normalized spacial score (nSPS) is 26.4. The van der Waals surface area contributed by atoms with Gasteiger partial charge in [-0.3, -0.25) is 14.4 Å². The van der Waals surface area contributed by atoms with Gasteiger partial charge in [0.05, 0.1) is 18.1 Å². The zero-order valence-electron chi connectivity index (χ0n) is 20.4. The molecule has 4 aliphatic rings. The van der Waals surface area contributed by atoms with Gasteiger partial charge in [0.1, 0.15) is 17.3 Å². The number of aryl methyl sites for hydroxylation is 2. The van der Waals surface area contributed by atoms with Crippen LogP contribution in [0.25, 0.3) is 0 Å². The van der Waals surface area contributed by atoms with Crippen molar-refractivity contribution in [1.82, 2.24) is 0 Å². The van der Waals surface area contributed by atoms with Crippen molar-refractivity contribution in [3.8, 4) is 5.75 Å². The summed E-state index contributed by atoms with van der Waals surface area (Å²) < 4.78 is 12.4. The van der Waals surface area contributed by atoms with Crippen LogP contribution < -0.4 is 4.74 Å². The quantitative estimate of drug-likeness (QED) is 0.573. The third-order valence-corrected chi connectivity index (χ3v) is 7.47. The molecule has 0 saturated heterocycles. The Kier molecular flexibility index (Phi) is 4.79. The van der Waals surface area contributed by atoms with Crippen LogP contribution in [0.3, 0.4) is 0 Å². The molecule has 0 saturated carbocycles. The van der Waals surface area contributed by atoms with Crippen LogP contribution in [0.2, 0.25) is 0 Å². The van der Waals surface area contributed by atoms with E-state index in [1.165, 1.54) is 0 Å². The van der Waals surface area contributed by atoms with Crippen LogP contribution in [0.15, 0.2) is 34.8 Å². The first kappa shape index (κ1) is 22.1. The predicted molar refractivity (Wildman–Crippen MR) is 124 cm³/mol. The van der Waals surface area contributed by atoms with Gasteiger partial charge in [0.25, 0.3) is 0 Å². The molecular weight excluding hydrogens is 416 g/mol. The second-order valence-corrected chi connectivity index (χ2v) is 11.9. The van der Waals surface area contributed by atoms with E-state index in [1.807, 2.05) is 26.0 Å². The van der Waals surface area contributed by atoms with Crippen LogP contribution in [-0.4, -0.2) is 24.0 Å². The molecule has 1 unspecified atom stereocenters. The highest BCUT2D eigenvalue weighted by atomic mass is 16.5. The van der Waals surface area contributed by atoms with Crippen molar-refractivity contribution in [2.75, 3.05) is 6.61 Å². The van der Waals surface area contributed by atoms with Crippen LogP contribution in [0.4, 0.5) is 0 Å². The third kappa shape index (κ3) is 3.56. The molecule has 1 aromatic carbocycles. The Balaban J connectivity index is 1.67.